The van der Waals surface area contributed by atoms with Gasteiger partial charge in [-0.3, -0.25) is 0 Å². The highest BCUT2D eigenvalue weighted by atomic mass is 79.9. The maximum atomic E-state index is 6.53. The number of hydrogen-bond acceptors (Lipinski definition) is 1. The normalized spacial score (nSPS) is 20.9. The number of nitrogens with two attached hydrogens (primary N) is 1. The Morgan fingerprint density at radius 3 is 2.33 bits per heavy atom. The average molecular weight is 268 g/mol. The summed E-state index contributed by atoms with van der Waals surface area (Å²) >= 11 is 3.52. The summed E-state index contributed by atoms with van der Waals surface area (Å²) in [6, 6.07) is 8.48. The van der Waals surface area contributed by atoms with Crippen molar-refractivity contribution in [3.63, 3.8) is 0 Å². The van der Waals surface area contributed by atoms with E-state index in [0.29, 0.717) is 0 Å². The molecule has 0 atom stereocenters. The molecular weight excluding hydrogens is 250 g/mol. The molecule has 0 amide bonds. The Morgan fingerprint density at radius 2 is 1.73 bits per heavy atom. The molecule has 0 bridgehead atoms. The van der Waals surface area contributed by atoms with Crippen LogP contribution in [0.2, 0.25) is 0 Å². The van der Waals surface area contributed by atoms with E-state index >= 15 is 0 Å². The average Bonchev–Trinajstić information content (AvgIpc) is 2.44. The van der Waals surface area contributed by atoms with Crippen molar-refractivity contribution >= 4 is 15.9 Å². The molecule has 1 nitrogen and oxygen atoms in total. The fraction of sp³-hybridized carbons (Fsp3) is 0.538. The van der Waals surface area contributed by atoms with Crippen LogP contribution in [0.1, 0.15) is 44.1 Å². The molecule has 0 aliphatic heterocycles. The van der Waals surface area contributed by atoms with Crippen molar-refractivity contribution in [1.82, 2.24) is 0 Å². The molecule has 0 unspecified atom stereocenters. The van der Waals surface area contributed by atoms with E-state index in [0.717, 1.165) is 17.3 Å². The van der Waals surface area contributed by atoms with Crippen LogP contribution < -0.4 is 5.73 Å². The van der Waals surface area contributed by atoms with E-state index in [-0.39, 0.29) is 5.54 Å². The first-order valence-electron chi connectivity index (χ1n) is 5.76. The Labute approximate surface area is 100 Å². The van der Waals surface area contributed by atoms with Gasteiger partial charge in [-0.05, 0) is 30.5 Å². The van der Waals surface area contributed by atoms with Crippen LogP contribution in [0.5, 0.6) is 0 Å². The van der Waals surface area contributed by atoms with Gasteiger partial charge in [-0.2, -0.15) is 0 Å². The lowest BCUT2D eigenvalue weighted by Gasteiger charge is -2.28. The first-order valence-corrected chi connectivity index (χ1v) is 6.55. The van der Waals surface area contributed by atoms with E-state index in [9.17, 15) is 0 Å². The lowest BCUT2D eigenvalue weighted by atomic mass is 9.84. The summed E-state index contributed by atoms with van der Waals surface area (Å²) in [5.74, 6) is 0. The standard InChI is InChI=1S/C13H18BrN/c14-12-7-5-6-11(10-12)13(15)8-3-1-2-4-9-13/h5-7,10H,1-4,8-9,15H2. The summed E-state index contributed by atoms with van der Waals surface area (Å²) in [5, 5.41) is 0. The smallest absolute Gasteiger partial charge is 0.0410 e. The van der Waals surface area contributed by atoms with Crippen molar-refractivity contribution in [1.29, 1.82) is 0 Å². The molecule has 1 aromatic rings. The van der Waals surface area contributed by atoms with E-state index in [1.54, 1.807) is 0 Å². The molecule has 0 spiro atoms. The van der Waals surface area contributed by atoms with Crippen LogP contribution in [0.15, 0.2) is 28.7 Å². The molecule has 0 saturated heterocycles. The molecule has 82 valence electrons. The van der Waals surface area contributed by atoms with Crippen molar-refractivity contribution in [3.8, 4) is 0 Å². The Morgan fingerprint density at radius 1 is 1.07 bits per heavy atom. The molecule has 1 aromatic carbocycles. The second-order valence-electron chi connectivity index (χ2n) is 4.58. The molecule has 2 rings (SSSR count). The van der Waals surface area contributed by atoms with Gasteiger partial charge in [-0.15, -0.1) is 0 Å². The maximum absolute atomic E-state index is 6.53. The van der Waals surface area contributed by atoms with Crippen molar-refractivity contribution in [2.45, 2.75) is 44.1 Å². The van der Waals surface area contributed by atoms with Gasteiger partial charge in [-0.1, -0.05) is 53.7 Å². The predicted octanol–water partition coefficient (Wildman–Crippen LogP) is 3.96. The summed E-state index contributed by atoms with van der Waals surface area (Å²) in [4.78, 5) is 0. The zero-order chi connectivity index (χ0) is 10.7. The van der Waals surface area contributed by atoms with Crippen LogP contribution in [-0.4, -0.2) is 0 Å². The second-order valence-corrected chi connectivity index (χ2v) is 5.50. The summed E-state index contributed by atoms with van der Waals surface area (Å²) in [6.45, 7) is 0. The highest BCUT2D eigenvalue weighted by molar-refractivity contribution is 9.10. The maximum Gasteiger partial charge on any atom is 0.0410 e. The van der Waals surface area contributed by atoms with Crippen molar-refractivity contribution in [2.75, 3.05) is 0 Å². The molecule has 1 fully saturated rings. The summed E-state index contributed by atoms with van der Waals surface area (Å²) in [5.41, 5.74) is 7.74. The van der Waals surface area contributed by atoms with Gasteiger partial charge in [-0.25, -0.2) is 0 Å². The minimum absolute atomic E-state index is 0.0831. The van der Waals surface area contributed by atoms with Gasteiger partial charge in [0.15, 0.2) is 0 Å². The molecule has 2 N–H and O–H groups in total. The fourth-order valence-electron chi connectivity index (χ4n) is 2.45. The van der Waals surface area contributed by atoms with Crippen molar-refractivity contribution in [3.05, 3.63) is 34.3 Å². The number of benzene rings is 1. The highest BCUT2D eigenvalue weighted by Crippen LogP contribution is 2.34. The molecule has 1 saturated carbocycles. The molecule has 1 aliphatic carbocycles. The third-order valence-electron chi connectivity index (χ3n) is 3.40. The quantitative estimate of drug-likeness (QED) is 0.766. The Hall–Kier alpha value is -0.340. The zero-order valence-corrected chi connectivity index (χ0v) is 10.6. The van der Waals surface area contributed by atoms with Crippen LogP contribution in [-0.2, 0) is 5.54 Å². The predicted molar refractivity (Wildman–Crippen MR) is 67.7 cm³/mol. The topological polar surface area (TPSA) is 26.0 Å². The van der Waals surface area contributed by atoms with Gasteiger partial charge in [0.1, 0.15) is 0 Å². The summed E-state index contributed by atoms with van der Waals surface area (Å²) < 4.78 is 1.13. The van der Waals surface area contributed by atoms with E-state index in [1.807, 2.05) is 0 Å². The third-order valence-corrected chi connectivity index (χ3v) is 3.89. The van der Waals surface area contributed by atoms with Crippen molar-refractivity contribution in [2.24, 2.45) is 5.73 Å². The van der Waals surface area contributed by atoms with Crippen LogP contribution in [0.4, 0.5) is 0 Å². The number of rotatable bonds is 1. The molecule has 0 heterocycles. The van der Waals surface area contributed by atoms with Crippen molar-refractivity contribution < 1.29 is 0 Å². The lowest BCUT2D eigenvalue weighted by Crippen LogP contribution is -2.35. The van der Waals surface area contributed by atoms with Gasteiger partial charge < -0.3 is 5.73 Å². The Bertz CT molecular complexity index is 327. The van der Waals surface area contributed by atoms with E-state index < -0.39 is 0 Å². The van der Waals surface area contributed by atoms with Gasteiger partial charge in [0.25, 0.3) is 0 Å². The number of halogens is 1. The molecule has 2 heteroatoms. The summed E-state index contributed by atoms with van der Waals surface area (Å²) in [7, 11) is 0. The fourth-order valence-corrected chi connectivity index (χ4v) is 2.85. The van der Waals surface area contributed by atoms with E-state index in [1.165, 1.54) is 31.2 Å². The molecular formula is C13H18BrN. The third kappa shape index (κ3) is 2.61. The second kappa shape index (κ2) is 4.67. The highest BCUT2D eigenvalue weighted by Gasteiger charge is 2.27. The minimum atomic E-state index is -0.0831. The van der Waals surface area contributed by atoms with Gasteiger partial charge in [0, 0.05) is 10.0 Å². The first-order chi connectivity index (χ1) is 7.21. The molecule has 1 aliphatic rings. The van der Waals surface area contributed by atoms with Gasteiger partial charge >= 0.3 is 0 Å². The molecule has 15 heavy (non-hydrogen) atoms. The van der Waals surface area contributed by atoms with E-state index in [4.69, 9.17) is 5.73 Å². The van der Waals surface area contributed by atoms with Crippen LogP contribution in [0.3, 0.4) is 0 Å². The lowest BCUT2D eigenvalue weighted by molar-refractivity contribution is 0.385. The molecule has 0 aromatic heterocycles. The zero-order valence-electron chi connectivity index (χ0n) is 9.01. The minimum Gasteiger partial charge on any atom is -0.321 e. The largest absolute Gasteiger partial charge is 0.321 e. The SMILES string of the molecule is NC1(c2cccc(Br)c2)CCCCCC1. The summed E-state index contributed by atoms with van der Waals surface area (Å²) in [6.07, 6.45) is 7.47. The van der Waals surface area contributed by atoms with Crippen LogP contribution >= 0.6 is 15.9 Å². The Kier molecular flexibility index (Phi) is 3.47. The molecule has 0 radical (unpaired) electrons. The van der Waals surface area contributed by atoms with Gasteiger partial charge in [0.2, 0.25) is 0 Å². The number of hydrogen-bond donors (Lipinski definition) is 1. The first kappa shape index (κ1) is 11.2. The Balaban J connectivity index is 2.26. The van der Waals surface area contributed by atoms with Crippen LogP contribution in [0.25, 0.3) is 0 Å². The van der Waals surface area contributed by atoms with Gasteiger partial charge in [0.05, 0.1) is 0 Å². The van der Waals surface area contributed by atoms with Crippen LogP contribution in [0, 0.1) is 0 Å². The van der Waals surface area contributed by atoms with E-state index in [2.05, 4.69) is 40.2 Å². The monoisotopic (exact) mass is 267 g/mol.